The molecule has 1 aliphatic rings. The highest BCUT2D eigenvalue weighted by atomic mass is 16.4. The lowest BCUT2D eigenvalue weighted by Crippen LogP contribution is -2.44. The van der Waals surface area contributed by atoms with Crippen LogP contribution in [0.15, 0.2) is 33.9 Å². The summed E-state index contributed by atoms with van der Waals surface area (Å²) < 4.78 is 0.862. The Morgan fingerprint density at radius 1 is 1.27 bits per heavy atom. The van der Waals surface area contributed by atoms with Crippen molar-refractivity contribution in [1.82, 2.24) is 14.5 Å². The smallest absolute Gasteiger partial charge is 0.329 e. The molecular formula is C18H21N3O5. The van der Waals surface area contributed by atoms with Gasteiger partial charge in [-0.1, -0.05) is 26.0 Å². The van der Waals surface area contributed by atoms with Gasteiger partial charge < -0.3 is 15.0 Å². The summed E-state index contributed by atoms with van der Waals surface area (Å²) in [6.45, 7) is 3.61. The van der Waals surface area contributed by atoms with Crippen LogP contribution in [0.2, 0.25) is 0 Å². The zero-order valence-electron chi connectivity index (χ0n) is 14.7. The van der Waals surface area contributed by atoms with Crippen LogP contribution >= 0.6 is 0 Å². The molecule has 1 aromatic heterocycles. The van der Waals surface area contributed by atoms with Crippen LogP contribution in [0, 0.1) is 11.3 Å². The molecule has 8 nitrogen and oxygen atoms in total. The number of nitrogens with zero attached hydrogens (tertiary/aromatic N) is 2. The van der Waals surface area contributed by atoms with E-state index in [4.69, 9.17) is 0 Å². The van der Waals surface area contributed by atoms with Crippen molar-refractivity contribution in [1.29, 1.82) is 0 Å². The number of fused-ring (bicyclic) bond motifs is 1. The minimum atomic E-state index is -0.990. The third kappa shape index (κ3) is 2.81. The Morgan fingerprint density at radius 2 is 1.96 bits per heavy atom. The Kier molecular flexibility index (Phi) is 4.43. The summed E-state index contributed by atoms with van der Waals surface area (Å²) in [6.07, 6.45) is 0.356. The number of carboxylic acid groups (broad SMARTS) is 1. The molecule has 0 spiro atoms. The third-order valence-electron chi connectivity index (χ3n) is 5.37. The number of rotatable bonds is 4. The molecule has 1 aromatic carbocycles. The van der Waals surface area contributed by atoms with Gasteiger partial charge in [-0.15, -0.1) is 0 Å². The van der Waals surface area contributed by atoms with Gasteiger partial charge >= 0.3 is 11.7 Å². The summed E-state index contributed by atoms with van der Waals surface area (Å²) in [7, 11) is 0. The highest BCUT2D eigenvalue weighted by Gasteiger charge is 2.48. The van der Waals surface area contributed by atoms with Crippen LogP contribution in [-0.4, -0.2) is 44.5 Å². The fraction of sp³-hybridized carbons (Fsp3) is 0.444. The molecule has 0 bridgehead atoms. The molecule has 1 amide bonds. The topological polar surface area (TPSA) is 112 Å². The second-order valence-corrected chi connectivity index (χ2v) is 7.05. The Balaban J connectivity index is 1.88. The van der Waals surface area contributed by atoms with Crippen LogP contribution in [0.1, 0.15) is 20.3 Å². The number of aliphatic carboxylic acids is 1. The lowest BCUT2D eigenvalue weighted by Gasteiger charge is -2.28. The molecule has 0 saturated carbocycles. The molecule has 2 N–H and O–H groups in total. The number of hydrogen-bond donors (Lipinski definition) is 2. The number of amides is 1. The first kappa shape index (κ1) is 17.9. The Bertz CT molecular complexity index is 990. The monoisotopic (exact) mass is 359 g/mol. The molecule has 8 heteroatoms. The van der Waals surface area contributed by atoms with Crippen LogP contribution in [-0.2, 0) is 16.1 Å². The normalized spacial score (nSPS) is 20.0. The van der Waals surface area contributed by atoms with E-state index in [2.05, 4.69) is 4.98 Å². The Hall–Kier alpha value is -2.90. The number of carboxylic acids is 1. The zero-order valence-corrected chi connectivity index (χ0v) is 14.7. The summed E-state index contributed by atoms with van der Waals surface area (Å²) in [5, 5.41) is 9.90. The molecule has 3 rings (SSSR count). The third-order valence-corrected chi connectivity index (χ3v) is 5.37. The first-order chi connectivity index (χ1) is 12.3. The first-order valence-electron chi connectivity index (χ1n) is 8.49. The van der Waals surface area contributed by atoms with Crippen molar-refractivity contribution in [3.05, 3.63) is 45.1 Å². The zero-order chi connectivity index (χ0) is 19.1. The van der Waals surface area contributed by atoms with Gasteiger partial charge in [-0.2, -0.15) is 0 Å². The predicted molar refractivity (Wildman–Crippen MR) is 94.9 cm³/mol. The van der Waals surface area contributed by atoms with E-state index in [0.717, 1.165) is 4.57 Å². The number of benzene rings is 1. The van der Waals surface area contributed by atoms with E-state index in [1.165, 1.54) is 4.90 Å². The van der Waals surface area contributed by atoms with E-state index >= 15 is 0 Å². The maximum absolute atomic E-state index is 12.6. The number of H-pyrrole nitrogens is 1. The Labute approximate surface area is 149 Å². The number of aromatic amines is 1. The maximum atomic E-state index is 12.6. The molecule has 138 valence electrons. The maximum Gasteiger partial charge on any atom is 0.329 e. The number of likely N-dealkylation sites (tertiary alicyclic amines) is 1. The molecule has 26 heavy (non-hydrogen) atoms. The number of para-hydroxylation sites is 1. The average molecular weight is 359 g/mol. The molecule has 1 saturated heterocycles. The summed E-state index contributed by atoms with van der Waals surface area (Å²) in [5.74, 6) is -1.50. The summed E-state index contributed by atoms with van der Waals surface area (Å²) in [5.41, 5.74) is -1.77. The Morgan fingerprint density at radius 3 is 2.58 bits per heavy atom. The molecule has 2 heterocycles. The van der Waals surface area contributed by atoms with Gasteiger partial charge in [-0.3, -0.25) is 19.0 Å². The standard InChI is InChI=1S/C18H21N3O5/c1-11(2)18(16(24)25)7-8-20(10-18)14(22)9-21-15(23)12-5-3-4-6-13(12)19-17(21)26/h3-6,11H,7-10H2,1-2H3,(H,19,26)(H,24,25). The van der Waals surface area contributed by atoms with Crippen LogP contribution < -0.4 is 11.2 Å². The van der Waals surface area contributed by atoms with Crippen molar-refractivity contribution in [2.75, 3.05) is 13.1 Å². The van der Waals surface area contributed by atoms with Crippen molar-refractivity contribution < 1.29 is 14.7 Å². The highest BCUT2D eigenvalue weighted by Crippen LogP contribution is 2.38. The van der Waals surface area contributed by atoms with Gasteiger partial charge in [0.2, 0.25) is 5.91 Å². The van der Waals surface area contributed by atoms with Crippen molar-refractivity contribution in [2.45, 2.75) is 26.8 Å². The predicted octanol–water partition coefficient (Wildman–Crippen LogP) is 0.649. The molecule has 1 atom stereocenters. The number of aromatic nitrogens is 2. The van der Waals surface area contributed by atoms with Crippen molar-refractivity contribution in [3.8, 4) is 0 Å². The van der Waals surface area contributed by atoms with Crippen molar-refractivity contribution in [2.24, 2.45) is 11.3 Å². The van der Waals surface area contributed by atoms with Gasteiger partial charge in [0, 0.05) is 13.1 Å². The summed E-state index contributed by atoms with van der Waals surface area (Å²) in [4.78, 5) is 53.0. The number of carbonyl (C=O) groups excluding carboxylic acids is 1. The van der Waals surface area contributed by atoms with Crippen molar-refractivity contribution in [3.63, 3.8) is 0 Å². The summed E-state index contributed by atoms with van der Waals surface area (Å²) in [6, 6.07) is 6.58. The summed E-state index contributed by atoms with van der Waals surface area (Å²) >= 11 is 0. The van der Waals surface area contributed by atoms with E-state index in [-0.39, 0.29) is 12.5 Å². The van der Waals surface area contributed by atoms with Gasteiger partial charge in [0.1, 0.15) is 6.54 Å². The SMILES string of the molecule is CC(C)C1(C(=O)O)CCN(C(=O)Cn2c(=O)[nH]c3ccccc3c2=O)C1. The number of carbonyl (C=O) groups is 2. The van der Waals surface area contributed by atoms with E-state index in [1.807, 2.05) is 13.8 Å². The van der Waals surface area contributed by atoms with Gasteiger partial charge in [-0.05, 0) is 24.5 Å². The molecule has 0 aliphatic carbocycles. The van der Waals surface area contributed by atoms with E-state index in [0.29, 0.717) is 23.9 Å². The quantitative estimate of drug-likeness (QED) is 0.832. The lowest BCUT2D eigenvalue weighted by molar-refractivity contribution is -0.151. The van der Waals surface area contributed by atoms with E-state index in [1.54, 1.807) is 24.3 Å². The second-order valence-electron chi connectivity index (χ2n) is 7.05. The van der Waals surface area contributed by atoms with Gasteiger partial charge in [0.25, 0.3) is 5.56 Å². The van der Waals surface area contributed by atoms with Gasteiger partial charge in [0.05, 0.1) is 16.3 Å². The van der Waals surface area contributed by atoms with Crippen LogP contribution in [0.3, 0.4) is 0 Å². The fourth-order valence-corrected chi connectivity index (χ4v) is 3.52. The second kappa shape index (κ2) is 6.44. The van der Waals surface area contributed by atoms with Crippen LogP contribution in [0.4, 0.5) is 0 Å². The largest absolute Gasteiger partial charge is 0.481 e. The minimum Gasteiger partial charge on any atom is -0.481 e. The van der Waals surface area contributed by atoms with Crippen molar-refractivity contribution >= 4 is 22.8 Å². The molecule has 1 unspecified atom stereocenters. The van der Waals surface area contributed by atoms with E-state index < -0.39 is 35.1 Å². The molecule has 0 radical (unpaired) electrons. The minimum absolute atomic E-state index is 0.0824. The van der Waals surface area contributed by atoms with Gasteiger partial charge in [0.15, 0.2) is 0 Å². The molecular weight excluding hydrogens is 338 g/mol. The van der Waals surface area contributed by atoms with Crippen LogP contribution in [0.5, 0.6) is 0 Å². The molecule has 2 aromatic rings. The first-order valence-corrected chi connectivity index (χ1v) is 8.49. The number of nitrogens with one attached hydrogen (secondary N) is 1. The van der Waals surface area contributed by atoms with Gasteiger partial charge in [-0.25, -0.2) is 4.79 Å². The van der Waals surface area contributed by atoms with Crippen LogP contribution in [0.25, 0.3) is 10.9 Å². The van der Waals surface area contributed by atoms with E-state index in [9.17, 15) is 24.3 Å². The number of hydrogen-bond acceptors (Lipinski definition) is 4. The highest BCUT2D eigenvalue weighted by molar-refractivity contribution is 5.81. The molecule has 1 aliphatic heterocycles. The lowest BCUT2D eigenvalue weighted by atomic mass is 9.76. The fourth-order valence-electron chi connectivity index (χ4n) is 3.52. The average Bonchev–Trinajstić information content (AvgIpc) is 3.05. The molecule has 1 fully saturated rings.